The Morgan fingerprint density at radius 3 is 2.32 bits per heavy atom. The molecular weight excluding hydrogens is 392 g/mol. The van der Waals surface area contributed by atoms with E-state index in [4.69, 9.17) is 4.74 Å². The van der Waals surface area contributed by atoms with Crippen LogP contribution in [0.1, 0.15) is 30.1 Å². The Bertz CT molecular complexity index is 1190. The van der Waals surface area contributed by atoms with Crippen molar-refractivity contribution < 1.29 is 14.3 Å². The van der Waals surface area contributed by atoms with Crippen LogP contribution >= 0.6 is 0 Å². The summed E-state index contributed by atoms with van der Waals surface area (Å²) in [7, 11) is 0. The molecule has 156 valence electrons. The molecule has 0 atom stereocenters. The first-order valence-corrected chi connectivity index (χ1v) is 10.3. The highest BCUT2D eigenvalue weighted by Gasteiger charge is 2.36. The SMILES string of the molecule is CCOC=C(C(=O)c1cnc(-c2ccccc2)n(-c2ccccc2)c1=O)C(=O)C1CC1. The lowest BCUT2D eigenvalue weighted by Gasteiger charge is -2.14. The third-order valence-corrected chi connectivity index (χ3v) is 5.08. The maximum atomic E-state index is 13.5. The highest BCUT2D eigenvalue weighted by atomic mass is 16.5. The number of carbonyl (C=O) groups is 2. The Kier molecular flexibility index (Phi) is 5.89. The van der Waals surface area contributed by atoms with Crippen LogP contribution in [0.15, 0.2) is 83.5 Å². The summed E-state index contributed by atoms with van der Waals surface area (Å²) in [6.07, 6.45) is 3.93. The topological polar surface area (TPSA) is 78.3 Å². The molecule has 6 nitrogen and oxygen atoms in total. The Morgan fingerprint density at radius 2 is 1.71 bits per heavy atom. The van der Waals surface area contributed by atoms with E-state index in [2.05, 4.69) is 4.98 Å². The molecule has 1 aromatic heterocycles. The van der Waals surface area contributed by atoms with Gasteiger partial charge < -0.3 is 4.74 Å². The minimum Gasteiger partial charge on any atom is -0.501 e. The fourth-order valence-corrected chi connectivity index (χ4v) is 3.32. The van der Waals surface area contributed by atoms with Crippen LogP contribution in [0.2, 0.25) is 0 Å². The van der Waals surface area contributed by atoms with E-state index in [9.17, 15) is 14.4 Å². The second kappa shape index (κ2) is 8.92. The van der Waals surface area contributed by atoms with Gasteiger partial charge in [0.2, 0.25) is 5.78 Å². The first-order valence-electron chi connectivity index (χ1n) is 10.3. The highest BCUT2D eigenvalue weighted by Crippen LogP contribution is 2.33. The number of ether oxygens (including phenoxy) is 1. The van der Waals surface area contributed by atoms with Crippen molar-refractivity contribution >= 4 is 11.6 Å². The van der Waals surface area contributed by atoms with Gasteiger partial charge in [-0.15, -0.1) is 0 Å². The minimum atomic E-state index is -0.660. The van der Waals surface area contributed by atoms with Gasteiger partial charge in [0.1, 0.15) is 17.0 Å². The largest absolute Gasteiger partial charge is 0.501 e. The van der Waals surface area contributed by atoms with E-state index >= 15 is 0 Å². The molecule has 0 unspecified atom stereocenters. The highest BCUT2D eigenvalue weighted by molar-refractivity contribution is 6.26. The monoisotopic (exact) mass is 414 g/mol. The van der Waals surface area contributed by atoms with Crippen LogP contribution in [0.3, 0.4) is 0 Å². The summed E-state index contributed by atoms with van der Waals surface area (Å²) in [6.45, 7) is 2.08. The van der Waals surface area contributed by atoms with Gasteiger partial charge in [-0.05, 0) is 31.9 Å². The van der Waals surface area contributed by atoms with Crippen molar-refractivity contribution in [3.8, 4) is 17.1 Å². The van der Waals surface area contributed by atoms with Crippen LogP contribution in [-0.4, -0.2) is 27.7 Å². The maximum absolute atomic E-state index is 13.5. The average molecular weight is 414 g/mol. The zero-order chi connectivity index (χ0) is 21.8. The molecule has 3 aromatic rings. The molecule has 0 amide bonds. The first-order chi connectivity index (χ1) is 15.1. The fourth-order valence-electron chi connectivity index (χ4n) is 3.32. The van der Waals surface area contributed by atoms with Crippen LogP contribution in [0.4, 0.5) is 0 Å². The molecule has 0 aliphatic heterocycles. The Hall–Kier alpha value is -3.80. The number of para-hydroxylation sites is 1. The minimum absolute atomic E-state index is 0.102. The van der Waals surface area contributed by atoms with Crippen molar-refractivity contribution in [2.75, 3.05) is 6.61 Å². The number of ketones is 2. The van der Waals surface area contributed by atoms with Gasteiger partial charge in [0.15, 0.2) is 5.78 Å². The van der Waals surface area contributed by atoms with E-state index in [-0.39, 0.29) is 22.8 Å². The zero-order valence-corrected chi connectivity index (χ0v) is 17.2. The molecule has 4 rings (SSSR count). The zero-order valence-electron chi connectivity index (χ0n) is 17.2. The smallest absolute Gasteiger partial charge is 0.269 e. The third kappa shape index (κ3) is 4.23. The summed E-state index contributed by atoms with van der Waals surface area (Å²) < 4.78 is 6.66. The molecule has 0 N–H and O–H groups in total. The van der Waals surface area contributed by atoms with Gasteiger partial charge in [0.05, 0.1) is 18.6 Å². The van der Waals surface area contributed by atoms with Gasteiger partial charge >= 0.3 is 0 Å². The number of carbonyl (C=O) groups excluding carboxylic acids is 2. The number of hydrogen-bond acceptors (Lipinski definition) is 5. The lowest BCUT2D eigenvalue weighted by atomic mass is 10.00. The molecule has 1 heterocycles. The van der Waals surface area contributed by atoms with Crippen LogP contribution in [0.5, 0.6) is 0 Å². The van der Waals surface area contributed by atoms with E-state index in [1.807, 2.05) is 48.5 Å². The predicted molar refractivity (Wildman–Crippen MR) is 117 cm³/mol. The number of aromatic nitrogens is 2. The molecule has 0 bridgehead atoms. The van der Waals surface area contributed by atoms with Crippen LogP contribution in [0, 0.1) is 5.92 Å². The van der Waals surface area contributed by atoms with E-state index in [0.717, 1.165) is 18.4 Å². The summed E-state index contributed by atoms with van der Waals surface area (Å²) >= 11 is 0. The van der Waals surface area contributed by atoms with E-state index < -0.39 is 11.3 Å². The molecule has 0 radical (unpaired) electrons. The first kappa shape index (κ1) is 20.5. The normalized spacial score (nSPS) is 13.6. The van der Waals surface area contributed by atoms with Crippen LogP contribution in [0.25, 0.3) is 17.1 Å². The van der Waals surface area contributed by atoms with Crippen molar-refractivity contribution in [1.29, 1.82) is 0 Å². The summed E-state index contributed by atoms with van der Waals surface area (Å²) in [5.41, 5.74) is 0.522. The fraction of sp³-hybridized carbons (Fsp3) is 0.200. The summed E-state index contributed by atoms with van der Waals surface area (Å²) in [4.78, 5) is 43.9. The molecule has 1 aliphatic carbocycles. The molecule has 31 heavy (non-hydrogen) atoms. The molecule has 1 saturated carbocycles. The Morgan fingerprint density at radius 1 is 1.06 bits per heavy atom. The summed E-state index contributed by atoms with van der Waals surface area (Å²) in [6, 6.07) is 18.3. The molecule has 6 heteroatoms. The average Bonchev–Trinajstić information content (AvgIpc) is 3.65. The van der Waals surface area contributed by atoms with Crippen molar-refractivity contribution in [3.63, 3.8) is 0 Å². The number of rotatable bonds is 8. The van der Waals surface area contributed by atoms with Crippen molar-refractivity contribution in [1.82, 2.24) is 9.55 Å². The lowest BCUT2D eigenvalue weighted by Crippen LogP contribution is -2.29. The number of benzene rings is 2. The molecule has 0 saturated heterocycles. The maximum Gasteiger partial charge on any atom is 0.269 e. The molecule has 1 aliphatic rings. The second-order valence-corrected chi connectivity index (χ2v) is 7.29. The summed E-state index contributed by atoms with van der Waals surface area (Å²) in [5.74, 6) is -0.704. The molecule has 0 spiro atoms. The van der Waals surface area contributed by atoms with Crippen LogP contribution in [-0.2, 0) is 9.53 Å². The lowest BCUT2D eigenvalue weighted by molar-refractivity contribution is -0.116. The standard InChI is InChI=1S/C25H22N2O4/c1-2-31-16-21(22(28)17-13-14-17)23(29)20-15-26-24(18-9-5-3-6-10-18)27(25(20)30)19-11-7-4-8-12-19/h3-12,15-17H,2,13-14H2,1H3. The second-order valence-electron chi connectivity index (χ2n) is 7.29. The van der Waals surface area contributed by atoms with E-state index in [0.29, 0.717) is 18.1 Å². The number of hydrogen-bond donors (Lipinski definition) is 0. The van der Waals surface area contributed by atoms with Crippen molar-refractivity contribution in [2.45, 2.75) is 19.8 Å². The Balaban J connectivity index is 1.87. The molecule has 1 fully saturated rings. The van der Waals surface area contributed by atoms with Gasteiger partial charge in [-0.2, -0.15) is 0 Å². The van der Waals surface area contributed by atoms with E-state index in [1.54, 1.807) is 19.1 Å². The quantitative estimate of drug-likeness (QED) is 0.183. The summed E-state index contributed by atoms with van der Waals surface area (Å²) in [5, 5.41) is 0. The molecular formula is C25H22N2O4. The third-order valence-electron chi connectivity index (χ3n) is 5.08. The number of allylic oxidation sites excluding steroid dienone is 1. The van der Waals surface area contributed by atoms with Crippen LogP contribution < -0.4 is 5.56 Å². The number of nitrogens with zero attached hydrogens (tertiary/aromatic N) is 2. The predicted octanol–water partition coefficient (Wildman–Crippen LogP) is 3.98. The van der Waals surface area contributed by atoms with Gasteiger partial charge in [-0.3, -0.25) is 19.0 Å². The molecule has 2 aromatic carbocycles. The van der Waals surface area contributed by atoms with Crippen molar-refractivity contribution in [2.24, 2.45) is 5.92 Å². The van der Waals surface area contributed by atoms with Gasteiger partial charge in [0, 0.05) is 17.7 Å². The Labute approximate surface area is 179 Å². The van der Waals surface area contributed by atoms with Gasteiger partial charge in [0.25, 0.3) is 5.56 Å². The van der Waals surface area contributed by atoms with Crippen molar-refractivity contribution in [3.05, 3.63) is 94.6 Å². The van der Waals surface area contributed by atoms with E-state index in [1.165, 1.54) is 17.0 Å². The number of Topliss-reactive ketones (excluding diaryl/α,β-unsaturated/α-hetero) is 2. The van der Waals surface area contributed by atoms with Gasteiger partial charge in [-0.25, -0.2) is 4.98 Å². The van der Waals surface area contributed by atoms with Gasteiger partial charge in [-0.1, -0.05) is 48.5 Å².